The van der Waals surface area contributed by atoms with E-state index in [0.29, 0.717) is 11.3 Å². The maximum atomic E-state index is 12.1. The fourth-order valence-electron chi connectivity index (χ4n) is 2.71. The van der Waals surface area contributed by atoms with Gasteiger partial charge < -0.3 is 14.2 Å². The molecule has 0 aromatic heterocycles. The summed E-state index contributed by atoms with van der Waals surface area (Å²) in [4.78, 5) is 34.7. The van der Waals surface area contributed by atoms with Gasteiger partial charge in [-0.15, -0.1) is 0 Å². The summed E-state index contributed by atoms with van der Waals surface area (Å²) in [7, 11) is 0. The van der Waals surface area contributed by atoms with Crippen molar-refractivity contribution in [2.45, 2.75) is 6.42 Å². The van der Waals surface area contributed by atoms with Crippen molar-refractivity contribution in [2.24, 2.45) is 0 Å². The van der Waals surface area contributed by atoms with Crippen LogP contribution in [0.4, 0.5) is 5.69 Å². The highest BCUT2D eigenvalue weighted by molar-refractivity contribution is 5.89. The van der Waals surface area contributed by atoms with E-state index in [-0.39, 0.29) is 36.6 Å². The van der Waals surface area contributed by atoms with Crippen molar-refractivity contribution in [2.75, 3.05) is 13.2 Å². The molecule has 0 heterocycles. The molecule has 0 unspecified atom stereocenters. The fraction of sp³-hybridized carbons (Fsp3) is 0.130. The van der Waals surface area contributed by atoms with E-state index in [0.717, 1.165) is 0 Å². The number of rotatable bonds is 9. The van der Waals surface area contributed by atoms with Gasteiger partial charge in [-0.3, -0.25) is 14.9 Å². The molecule has 31 heavy (non-hydrogen) atoms. The van der Waals surface area contributed by atoms with Crippen molar-refractivity contribution in [1.29, 1.82) is 0 Å². The predicted molar refractivity (Wildman–Crippen MR) is 111 cm³/mol. The third-order valence-corrected chi connectivity index (χ3v) is 4.17. The highest BCUT2D eigenvalue weighted by atomic mass is 16.6. The summed E-state index contributed by atoms with van der Waals surface area (Å²) in [5.41, 5.74) is 0.405. The van der Waals surface area contributed by atoms with Gasteiger partial charge in [-0.1, -0.05) is 36.4 Å². The molecule has 3 aromatic rings. The molecule has 0 N–H and O–H groups in total. The Balaban J connectivity index is 1.47. The zero-order valence-electron chi connectivity index (χ0n) is 16.4. The molecule has 0 spiro atoms. The van der Waals surface area contributed by atoms with E-state index in [1.807, 2.05) is 18.2 Å². The van der Waals surface area contributed by atoms with Gasteiger partial charge in [0.05, 0.1) is 16.9 Å². The number of hydrogen-bond acceptors (Lipinski definition) is 7. The third-order valence-electron chi connectivity index (χ3n) is 4.17. The van der Waals surface area contributed by atoms with E-state index < -0.39 is 16.9 Å². The van der Waals surface area contributed by atoms with Gasteiger partial charge in [0.1, 0.15) is 24.7 Å². The first-order valence-corrected chi connectivity index (χ1v) is 9.41. The molecule has 0 saturated heterocycles. The maximum absolute atomic E-state index is 12.1. The van der Waals surface area contributed by atoms with E-state index in [1.54, 1.807) is 18.2 Å². The molecule has 0 aliphatic heterocycles. The Labute approximate surface area is 178 Å². The standard InChI is InChI=1S/C23H19NO7/c25-22(16-18-6-4-5-9-21(18)24(27)28)31-20-12-10-17(11-13-20)23(26)30-15-14-29-19-7-2-1-3-8-19/h1-13H,14-16H2. The minimum Gasteiger partial charge on any atom is -0.490 e. The van der Waals surface area contributed by atoms with E-state index in [4.69, 9.17) is 14.2 Å². The Bertz CT molecular complexity index is 1050. The number of carbonyl (C=O) groups excluding carboxylic acids is 2. The highest BCUT2D eigenvalue weighted by Gasteiger charge is 2.17. The fourth-order valence-corrected chi connectivity index (χ4v) is 2.71. The Morgan fingerprint density at radius 2 is 1.48 bits per heavy atom. The van der Waals surface area contributed by atoms with Gasteiger partial charge in [0.15, 0.2) is 0 Å². The van der Waals surface area contributed by atoms with Crippen LogP contribution >= 0.6 is 0 Å². The first kappa shape index (κ1) is 21.5. The Hall–Kier alpha value is -4.20. The first-order valence-electron chi connectivity index (χ1n) is 9.41. The van der Waals surface area contributed by atoms with Crippen LogP contribution < -0.4 is 9.47 Å². The lowest BCUT2D eigenvalue weighted by molar-refractivity contribution is -0.385. The van der Waals surface area contributed by atoms with Gasteiger partial charge in [-0.05, 0) is 36.4 Å². The van der Waals surface area contributed by atoms with Gasteiger partial charge in [0.25, 0.3) is 5.69 Å². The lowest BCUT2D eigenvalue weighted by Crippen LogP contribution is -2.13. The van der Waals surface area contributed by atoms with E-state index in [1.165, 1.54) is 42.5 Å². The molecule has 0 amide bonds. The lowest BCUT2D eigenvalue weighted by Gasteiger charge is -2.08. The first-order chi connectivity index (χ1) is 15.0. The zero-order chi connectivity index (χ0) is 22.1. The van der Waals surface area contributed by atoms with Gasteiger partial charge in [0, 0.05) is 11.6 Å². The molecule has 0 radical (unpaired) electrons. The third kappa shape index (κ3) is 6.40. The minimum atomic E-state index is -0.650. The van der Waals surface area contributed by atoms with Crippen molar-refractivity contribution in [3.63, 3.8) is 0 Å². The van der Waals surface area contributed by atoms with Gasteiger partial charge >= 0.3 is 11.9 Å². The average Bonchev–Trinajstić information content (AvgIpc) is 2.78. The van der Waals surface area contributed by atoms with Crippen LogP contribution in [0.3, 0.4) is 0 Å². The molecule has 0 aliphatic carbocycles. The molecule has 8 nitrogen and oxygen atoms in total. The molecule has 8 heteroatoms. The number of nitro benzene ring substituents is 1. The molecule has 0 atom stereocenters. The normalized spacial score (nSPS) is 10.2. The lowest BCUT2D eigenvalue weighted by atomic mass is 10.1. The number of para-hydroxylation sites is 2. The highest BCUT2D eigenvalue weighted by Crippen LogP contribution is 2.20. The van der Waals surface area contributed by atoms with Gasteiger partial charge in [-0.2, -0.15) is 0 Å². The molecule has 158 valence electrons. The SMILES string of the molecule is O=C(Cc1ccccc1[N+](=O)[O-])Oc1ccc(C(=O)OCCOc2ccccc2)cc1. The van der Waals surface area contributed by atoms with Crippen LogP contribution in [0.2, 0.25) is 0 Å². The van der Waals surface area contributed by atoms with Crippen molar-refractivity contribution in [1.82, 2.24) is 0 Å². The Kier molecular flexibility index (Phi) is 7.31. The van der Waals surface area contributed by atoms with Gasteiger partial charge in [-0.25, -0.2) is 4.79 Å². The van der Waals surface area contributed by atoms with Crippen molar-refractivity contribution in [3.05, 3.63) is 100 Å². The summed E-state index contributed by atoms with van der Waals surface area (Å²) in [5.74, 6) is -0.282. The number of nitro groups is 1. The number of benzene rings is 3. The van der Waals surface area contributed by atoms with Crippen molar-refractivity contribution in [3.8, 4) is 11.5 Å². The quantitative estimate of drug-likeness (QED) is 0.169. The van der Waals surface area contributed by atoms with Crippen LogP contribution in [-0.2, 0) is 16.0 Å². The molecule has 0 fully saturated rings. The summed E-state index contributed by atoms with van der Waals surface area (Å²) < 4.78 is 15.8. The number of ether oxygens (including phenoxy) is 3. The second-order valence-corrected chi connectivity index (χ2v) is 6.36. The Morgan fingerprint density at radius 1 is 0.806 bits per heavy atom. The molecule has 3 aromatic carbocycles. The van der Waals surface area contributed by atoms with E-state index >= 15 is 0 Å². The topological polar surface area (TPSA) is 105 Å². The number of esters is 2. The monoisotopic (exact) mass is 421 g/mol. The largest absolute Gasteiger partial charge is 0.490 e. The van der Waals surface area contributed by atoms with Crippen LogP contribution in [0.25, 0.3) is 0 Å². The predicted octanol–water partition coefficient (Wildman–Crippen LogP) is 3.98. The minimum absolute atomic E-state index is 0.0837. The number of hydrogen-bond donors (Lipinski definition) is 0. The average molecular weight is 421 g/mol. The van der Waals surface area contributed by atoms with E-state index in [2.05, 4.69) is 0 Å². The molecule has 0 aliphatic rings. The van der Waals surface area contributed by atoms with Gasteiger partial charge in [0.2, 0.25) is 0 Å². The molecular formula is C23H19NO7. The van der Waals surface area contributed by atoms with Crippen molar-refractivity contribution < 1.29 is 28.7 Å². The van der Waals surface area contributed by atoms with Crippen LogP contribution in [0.1, 0.15) is 15.9 Å². The van der Waals surface area contributed by atoms with Crippen LogP contribution in [0, 0.1) is 10.1 Å². The van der Waals surface area contributed by atoms with Crippen LogP contribution in [0.15, 0.2) is 78.9 Å². The summed E-state index contributed by atoms with van der Waals surface area (Å²) in [6.07, 6.45) is -0.248. The number of carbonyl (C=O) groups is 2. The second kappa shape index (κ2) is 10.5. The molecule has 3 rings (SSSR count). The molecule has 0 saturated carbocycles. The van der Waals surface area contributed by atoms with Crippen molar-refractivity contribution >= 4 is 17.6 Å². The summed E-state index contributed by atoms with van der Waals surface area (Å²) in [5, 5.41) is 11.0. The summed E-state index contributed by atoms with van der Waals surface area (Å²) >= 11 is 0. The summed E-state index contributed by atoms with van der Waals surface area (Å²) in [6.45, 7) is 0.303. The zero-order valence-corrected chi connectivity index (χ0v) is 16.4. The molecule has 0 bridgehead atoms. The van der Waals surface area contributed by atoms with Crippen LogP contribution in [-0.4, -0.2) is 30.1 Å². The molecular weight excluding hydrogens is 402 g/mol. The van der Waals surface area contributed by atoms with Crippen LogP contribution in [0.5, 0.6) is 11.5 Å². The smallest absolute Gasteiger partial charge is 0.338 e. The second-order valence-electron chi connectivity index (χ2n) is 6.36. The Morgan fingerprint density at radius 3 is 2.19 bits per heavy atom. The van der Waals surface area contributed by atoms with E-state index in [9.17, 15) is 19.7 Å². The number of nitrogens with zero attached hydrogens (tertiary/aromatic N) is 1. The maximum Gasteiger partial charge on any atom is 0.338 e. The summed E-state index contributed by atoms with van der Waals surface area (Å²) in [6, 6.07) is 21.0.